The molecule has 1 amide bonds. The number of benzene rings is 1. The van der Waals surface area contributed by atoms with Crippen molar-refractivity contribution in [1.82, 2.24) is 19.4 Å². The topological polar surface area (TPSA) is 110 Å². The third-order valence-electron chi connectivity index (χ3n) is 7.74. The number of amides is 1. The number of carbonyl (C=O) groups excluding carboxylic acids is 1. The average molecular weight is 586 g/mol. The Hall–Kier alpha value is -4.57. The van der Waals surface area contributed by atoms with Gasteiger partial charge in [-0.2, -0.15) is 0 Å². The second-order valence-electron chi connectivity index (χ2n) is 11.9. The fourth-order valence-electron chi connectivity index (χ4n) is 5.65. The Kier molecular flexibility index (Phi) is 8.07. The zero-order valence-corrected chi connectivity index (χ0v) is 25.2. The summed E-state index contributed by atoms with van der Waals surface area (Å²) in [6, 6.07) is 10.4. The van der Waals surface area contributed by atoms with Crippen LogP contribution in [0, 0.1) is 12.7 Å². The van der Waals surface area contributed by atoms with Crippen molar-refractivity contribution in [2.24, 2.45) is 7.05 Å². The van der Waals surface area contributed by atoms with Gasteiger partial charge < -0.3 is 14.4 Å². The molecule has 0 bridgehead atoms. The smallest absolute Gasteiger partial charge is 0.413 e. The Morgan fingerprint density at radius 1 is 1.14 bits per heavy atom. The lowest BCUT2D eigenvalue weighted by Crippen LogP contribution is -2.32. The predicted octanol–water partition coefficient (Wildman–Crippen LogP) is 6.98. The van der Waals surface area contributed by atoms with Gasteiger partial charge in [0.05, 0.1) is 5.56 Å². The molecule has 3 aromatic heterocycles. The first-order valence-electron chi connectivity index (χ1n) is 14.2. The molecule has 0 radical (unpaired) electrons. The summed E-state index contributed by atoms with van der Waals surface area (Å²) in [5.41, 5.74) is 5.18. The molecular formula is C33H36FN5O4. The van der Waals surface area contributed by atoms with Gasteiger partial charge in [0.1, 0.15) is 22.9 Å². The van der Waals surface area contributed by atoms with E-state index in [0.29, 0.717) is 29.9 Å². The number of aromatic carboxylic acids is 1. The molecule has 2 N–H and O–H groups in total. The van der Waals surface area contributed by atoms with Crippen LogP contribution in [0.2, 0.25) is 0 Å². The van der Waals surface area contributed by atoms with Crippen LogP contribution in [0.1, 0.15) is 67.3 Å². The SMILES string of the molecule is Cc1cc(C(=O)O)cc(F)c1C1=CCN([C@@H](C)c2cc3c(-c4ccc(NC(=O)OC(C)(C)C)nc4)ccnc3n2C)CC1. The zero-order chi connectivity index (χ0) is 31.1. The summed E-state index contributed by atoms with van der Waals surface area (Å²) in [5.74, 6) is -1.24. The van der Waals surface area contributed by atoms with Crippen LogP contribution in [-0.2, 0) is 11.8 Å². The molecule has 10 heteroatoms. The van der Waals surface area contributed by atoms with E-state index in [4.69, 9.17) is 4.74 Å². The molecule has 1 atom stereocenters. The van der Waals surface area contributed by atoms with Crippen molar-refractivity contribution in [3.8, 4) is 11.1 Å². The molecule has 9 nitrogen and oxygen atoms in total. The summed E-state index contributed by atoms with van der Waals surface area (Å²) in [4.78, 5) is 34.8. The number of carboxylic acids is 1. The maximum Gasteiger partial charge on any atom is 0.413 e. The van der Waals surface area contributed by atoms with E-state index in [9.17, 15) is 19.1 Å². The quantitative estimate of drug-likeness (QED) is 0.251. The van der Waals surface area contributed by atoms with E-state index >= 15 is 0 Å². The number of carboxylic acid groups (broad SMARTS) is 1. The number of halogens is 1. The number of anilines is 1. The number of fused-ring (bicyclic) bond motifs is 1. The molecule has 1 aliphatic heterocycles. The minimum atomic E-state index is -1.14. The molecule has 0 saturated heterocycles. The van der Waals surface area contributed by atoms with Gasteiger partial charge in [0.25, 0.3) is 0 Å². The summed E-state index contributed by atoms with van der Waals surface area (Å²) >= 11 is 0. The molecular weight excluding hydrogens is 549 g/mol. The highest BCUT2D eigenvalue weighted by molar-refractivity contribution is 5.94. The van der Waals surface area contributed by atoms with Crippen molar-refractivity contribution in [3.05, 3.63) is 83.1 Å². The lowest BCUT2D eigenvalue weighted by Gasteiger charge is -2.32. The second kappa shape index (κ2) is 11.6. The molecule has 0 unspecified atom stereocenters. The van der Waals surface area contributed by atoms with E-state index in [2.05, 4.69) is 37.7 Å². The molecule has 224 valence electrons. The molecule has 0 spiro atoms. The summed E-state index contributed by atoms with van der Waals surface area (Å²) in [6.45, 7) is 10.7. The van der Waals surface area contributed by atoms with Gasteiger partial charge in [-0.25, -0.2) is 23.9 Å². The van der Waals surface area contributed by atoms with Crippen molar-refractivity contribution in [2.45, 2.75) is 52.7 Å². The Bertz CT molecular complexity index is 1710. The van der Waals surface area contributed by atoms with Crippen LogP contribution >= 0.6 is 0 Å². The van der Waals surface area contributed by atoms with Gasteiger partial charge in [-0.15, -0.1) is 0 Å². The number of pyridine rings is 2. The van der Waals surface area contributed by atoms with Crippen LogP contribution in [0.4, 0.5) is 15.0 Å². The number of rotatable bonds is 6. The standard InChI is InChI=1S/C33H36FN5O4/c1-19-15-23(31(40)41)16-26(34)29(19)21-10-13-39(14-11-21)20(2)27-17-25-24(9-12-35-30(25)38(27)6)22-7-8-28(36-18-22)37-32(42)43-33(3,4)5/h7-10,12,15-18,20H,11,13-14H2,1-6H3,(H,40,41)(H,36,37,42)/t20-/m0/s1. The maximum absolute atomic E-state index is 14.9. The summed E-state index contributed by atoms with van der Waals surface area (Å²) < 4.78 is 22.3. The normalized spacial score (nSPS) is 14.8. The molecule has 5 rings (SSSR count). The van der Waals surface area contributed by atoms with Gasteiger partial charge in [0.15, 0.2) is 0 Å². The lowest BCUT2D eigenvalue weighted by molar-refractivity contribution is 0.0633. The van der Waals surface area contributed by atoms with Crippen LogP contribution in [0.25, 0.3) is 27.7 Å². The van der Waals surface area contributed by atoms with E-state index in [1.807, 2.05) is 25.3 Å². The molecule has 4 aromatic rings. The number of hydrogen-bond donors (Lipinski definition) is 2. The second-order valence-corrected chi connectivity index (χ2v) is 11.9. The first-order chi connectivity index (χ1) is 20.3. The first kappa shape index (κ1) is 29.9. The highest BCUT2D eigenvalue weighted by atomic mass is 19.1. The van der Waals surface area contributed by atoms with Crippen molar-refractivity contribution < 1.29 is 23.8 Å². The van der Waals surface area contributed by atoms with Crippen molar-refractivity contribution in [1.29, 1.82) is 0 Å². The van der Waals surface area contributed by atoms with Gasteiger partial charge in [0, 0.05) is 60.8 Å². The largest absolute Gasteiger partial charge is 0.478 e. The molecule has 0 fully saturated rings. The van der Waals surface area contributed by atoms with Crippen LogP contribution in [0.3, 0.4) is 0 Å². The fourth-order valence-corrected chi connectivity index (χ4v) is 5.65. The summed E-state index contributed by atoms with van der Waals surface area (Å²) in [7, 11) is 2.00. The minimum absolute atomic E-state index is 0.0432. The van der Waals surface area contributed by atoms with E-state index in [0.717, 1.165) is 46.0 Å². The van der Waals surface area contributed by atoms with Crippen LogP contribution in [-0.4, -0.2) is 55.3 Å². The van der Waals surface area contributed by atoms with E-state index in [-0.39, 0.29) is 11.6 Å². The number of carbonyl (C=O) groups is 2. The molecule has 1 aliphatic rings. The molecule has 1 aromatic carbocycles. The average Bonchev–Trinajstić information content (AvgIpc) is 3.28. The molecule has 0 aliphatic carbocycles. The number of aromatic nitrogens is 3. The van der Waals surface area contributed by atoms with Gasteiger partial charge in [-0.1, -0.05) is 6.08 Å². The molecule has 0 saturated carbocycles. The third-order valence-corrected chi connectivity index (χ3v) is 7.74. The Balaban J connectivity index is 1.36. The summed E-state index contributed by atoms with van der Waals surface area (Å²) in [6.07, 6.45) is 5.63. The highest BCUT2D eigenvalue weighted by Gasteiger charge is 2.25. The Morgan fingerprint density at radius 3 is 2.51 bits per heavy atom. The van der Waals surface area contributed by atoms with Gasteiger partial charge >= 0.3 is 12.1 Å². The number of hydrogen-bond acceptors (Lipinski definition) is 6. The monoisotopic (exact) mass is 585 g/mol. The maximum atomic E-state index is 14.9. The molecule has 4 heterocycles. The van der Waals surface area contributed by atoms with E-state index < -0.39 is 23.5 Å². The van der Waals surface area contributed by atoms with Crippen LogP contribution in [0.5, 0.6) is 0 Å². The van der Waals surface area contributed by atoms with Crippen molar-refractivity contribution in [2.75, 3.05) is 18.4 Å². The third kappa shape index (κ3) is 6.29. The first-order valence-corrected chi connectivity index (χ1v) is 14.2. The van der Waals surface area contributed by atoms with Crippen LogP contribution < -0.4 is 5.32 Å². The predicted molar refractivity (Wildman–Crippen MR) is 164 cm³/mol. The zero-order valence-electron chi connectivity index (χ0n) is 25.2. The molecule has 43 heavy (non-hydrogen) atoms. The minimum Gasteiger partial charge on any atom is -0.478 e. The Morgan fingerprint density at radius 2 is 1.91 bits per heavy atom. The Labute approximate surface area is 250 Å². The van der Waals surface area contributed by atoms with Gasteiger partial charge in [-0.3, -0.25) is 10.2 Å². The number of ether oxygens (including phenoxy) is 1. The van der Waals surface area contributed by atoms with Crippen molar-refractivity contribution >= 4 is 34.5 Å². The van der Waals surface area contributed by atoms with E-state index in [1.54, 1.807) is 46.2 Å². The highest BCUT2D eigenvalue weighted by Crippen LogP contribution is 2.35. The number of aryl methyl sites for hydroxylation is 2. The van der Waals surface area contributed by atoms with E-state index in [1.165, 1.54) is 6.07 Å². The lowest BCUT2D eigenvalue weighted by atomic mass is 9.93. The number of nitrogens with one attached hydrogen (secondary N) is 1. The van der Waals surface area contributed by atoms with Crippen molar-refractivity contribution in [3.63, 3.8) is 0 Å². The van der Waals surface area contributed by atoms with Gasteiger partial charge in [-0.05, 0) is 94.1 Å². The summed E-state index contributed by atoms with van der Waals surface area (Å²) in [5, 5.41) is 12.9. The van der Waals surface area contributed by atoms with Gasteiger partial charge in [0.2, 0.25) is 0 Å². The number of nitrogens with zero attached hydrogens (tertiary/aromatic N) is 4. The fraction of sp³-hybridized carbons (Fsp3) is 0.333. The van der Waals surface area contributed by atoms with Crippen LogP contribution in [0.15, 0.2) is 54.9 Å².